The fourth-order valence-electron chi connectivity index (χ4n) is 3.15. The normalized spacial score (nSPS) is 10.4. The van der Waals surface area contributed by atoms with Crippen molar-refractivity contribution in [3.05, 3.63) is 111 Å². The van der Waals surface area contributed by atoms with Crippen molar-refractivity contribution in [2.45, 2.75) is 0 Å². The molecule has 0 saturated heterocycles. The molecule has 0 unspecified atom stereocenters. The van der Waals surface area contributed by atoms with E-state index < -0.39 is 0 Å². The first-order chi connectivity index (χ1) is 21.1. The van der Waals surface area contributed by atoms with E-state index >= 15 is 0 Å². The van der Waals surface area contributed by atoms with Crippen LogP contribution in [-0.4, -0.2) is 102 Å². The molecule has 44 heavy (non-hydrogen) atoms. The van der Waals surface area contributed by atoms with Gasteiger partial charge in [0.25, 0.3) is 0 Å². The molecule has 0 aliphatic carbocycles. The minimum absolute atomic E-state index is 0.733. The van der Waals surface area contributed by atoms with E-state index in [4.69, 9.17) is 24.4 Å². The molecular formula is C34H50N2S8. The van der Waals surface area contributed by atoms with E-state index in [2.05, 4.69) is 69.0 Å². The summed E-state index contributed by atoms with van der Waals surface area (Å²) in [4.78, 5) is 4.18. The van der Waals surface area contributed by atoms with E-state index in [1.165, 1.54) is 27.9 Å². The first-order valence-electron chi connectivity index (χ1n) is 14.0. The van der Waals surface area contributed by atoms with Gasteiger partial charge in [-0.3, -0.25) is 0 Å². The molecule has 0 aliphatic rings. The molecule has 0 atom stereocenters. The maximum atomic E-state index is 5.55. The Morgan fingerprint density at radius 1 is 0.409 bits per heavy atom. The van der Waals surface area contributed by atoms with E-state index in [1.807, 2.05) is 71.4 Å². The summed E-state index contributed by atoms with van der Waals surface area (Å²) in [5, 5.41) is 0. The second-order valence-corrected chi connectivity index (χ2v) is 17.0. The van der Waals surface area contributed by atoms with E-state index in [9.17, 15) is 0 Å². The molecule has 2 nitrogen and oxygen atoms in total. The first-order valence-corrected chi connectivity index (χ1v) is 21.4. The fourth-order valence-corrected chi connectivity index (χ4v) is 9.50. The van der Waals surface area contributed by atoms with Crippen molar-refractivity contribution in [2.24, 2.45) is 0 Å². The van der Waals surface area contributed by atoms with Gasteiger partial charge in [-0.1, -0.05) is 133 Å². The standard InChI is InChI=1S/C34H50N2S8/c1-10-14-35(15-11-2)33(37)43-26-31(8)24-41-22-29(6)20-39-18-28(5)19-40-21-30(7)23-42-25-32(9)27-44-34(38)36(16-12-3)17-13-4/h10-13H,1-9,14-27H2. The van der Waals surface area contributed by atoms with E-state index in [-0.39, 0.29) is 0 Å². The second-order valence-electron chi connectivity index (χ2n) is 9.80. The Morgan fingerprint density at radius 2 is 0.614 bits per heavy atom. The zero-order valence-corrected chi connectivity index (χ0v) is 32.8. The van der Waals surface area contributed by atoms with E-state index in [1.54, 1.807) is 23.5 Å². The van der Waals surface area contributed by atoms with Crippen LogP contribution >= 0.6 is 95.0 Å². The summed E-state index contributed by atoms with van der Waals surface area (Å²) in [6.07, 6.45) is 7.45. The van der Waals surface area contributed by atoms with Gasteiger partial charge in [0, 0.05) is 83.7 Å². The number of hydrogen-bond acceptors (Lipinski definition) is 8. The SMILES string of the molecule is C=CCN(CC=C)C(=S)SCC(=C)CSCC(=C)CSCC(=C)CSCC(=C)CSCC(=C)CSC(=S)N(CC=C)CC=C. The summed E-state index contributed by atoms with van der Waals surface area (Å²) in [5.41, 5.74) is 6.12. The summed E-state index contributed by atoms with van der Waals surface area (Å²) in [6.45, 7) is 39.4. The molecule has 10 heteroatoms. The van der Waals surface area contributed by atoms with Crippen molar-refractivity contribution in [1.82, 2.24) is 9.80 Å². The Balaban J connectivity index is 3.95. The maximum Gasteiger partial charge on any atom is 0.137 e. The summed E-state index contributed by atoms with van der Waals surface area (Å²) in [7, 11) is 0. The Morgan fingerprint density at radius 3 is 0.818 bits per heavy atom. The number of thiocarbonyl (C=S) groups is 2. The zero-order valence-electron chi connectivity index (χ0n) is 26.2. The molecule has 0 rings (SSSR count). The number of thioether (sulfide) groups is 6. The minimum Gasteiger partial charge on any atom is -0.350 e. The number of hydrogen-bond donors (Lipinski definition) is 0. The predicted molar refractivity (Wildman–Crippen MR) is 229 cm³/mol. The average molecular weight is 743 g/mol. The molecule has 0 aromatic rings. The molecule has 0 aromatic heterocycles. The zero-order chi connectivity index (χ0) is 33.2. The minimum atomic E-state index is 0.733. The van der Waals surface area contributed by atoms with E-state index in [0.717, 1.165) is 92.3 Å². The summed E-state index contributed by atoms with van der Waals surface area (Å²) < 4.78 is 1.73. The Hall–Kier alpha value is -0.460. The number of rotatable bonds is 28. The van der Waals surface area contributed by atoms with Crippen molar-refractivity contribution in [3.8, 4) is 0 Å². The van der Waals surface area contributed by atoms with Crippen LogP contribution in [0.4, 0.5) is 0 Å². The smallest absolute Gasteiger partial charge is 0.137 e. The summed E-state index contributed by atoms with van der Waals surface area (Å²) in [6, 6.07) is 0. The monoisotopic (exact) mass is 742 g/mol. The molecule has 244 valence electrons. The van der Waals surface area contributed by atoms with Gasteiger partial charge in [-0.2, -0.15) is 47.0 Å². The molecule has 0 fully saturated rings. The lowest BCUT2D eigenvalue weighted by Crippen LogP contribution is -2.27. The van der Waals surface area contributed by atoms with Crippen LogP contribution in [0.5, 0.6) is 0 Å². The van der Waals surface area contributed by atoms with Crippen LogP contribution in [0, 0.1) is 0 Å². The van der Waals surface area contributed by atoms with Crippen LogP contribution in [0.3, 0.4) is 0 Å². The van der Waals surface area contributed by atoms with Crippen LogP contribution in [0.1, 0.15) is 0 Å². The van der Waals surface area contributed by atoms with Crippen LogP contribution in [0.15, 0.2) is 111 Å². The topological polar surface area (TPSA) is 6.48 Å². The third kappa shape index (κ3) is 23.8. The molecular weight excluding hydrogens is 693 g/mol. The molecule has 0 amide bonds. The van der Waals surface area contributed by atoms with Gasteiger partial charge in [0.1, 0.15) is 8.64 Å². The van der Waals surface area contributed by atoms with Crippen molar-refractivity contribution in [3.63, 3.8) is 0 Å². The largest absolute Gasteiger partial charge is 0.350 e. The van der Waals surface area contributed by atoms with Gasteiger partial charge in [-0.25, -0.2) is 0 Å². The number of nitrogens with zero attached hydrogens (tertiary/aromatic N) is 2. The van der Waals surface area contributed by atoms with Crippen molar-refractivity contribution >= 4 is 104 Å². The fraction of sp³-hybridized carbons (Fsp3) is 0.412. The van der Waals surface area contributed by atoms with Crippen LogP contribution in [0.25, 0.3) is 0 Å². The molecule has 0 aromatic carbocycles. The van der Waals surface area contributed by atoms with Crippen LogP contribution in [0.2, 0.25) is 0 Å². The maximum absolute atomic E-state index is 5.55. The van der Waals surface area contributed by atoms with Crippen molar-refractivity contribution in [1.29, 1.82) is 0 Å². The van der Waals surface area contributed by atoms with Gasteiger partial charge in [-0.05, 0) is 0 Å². The molecule has 0 N–H and O–H groups in total. The molecule has 0 saturated carbocycles. The first kappa shape index (κ1) is 43.5. The lowest BCUT2D eigenvalue weighted by molar-refractivity contribution is 0.533. The predicted octanol–water partition coefficient (Wildman–Crippen LogP) is 10.1. The van der Waals surface area contributed by atoms with Crippen molar-refractivity contribution in [2.75, 3.05) is 83.7 Å². The quantitative estimate of drug-likeness (QED) is 0.0562. The van der Waals surface area contributed by atoms with Gasteiger partial charge < -0.3 is 9.80 Å². The van der Waals surface area contributed by atoms with E-state index in [0.29, 0.717) is 0 Å². The highest BCUT2D eigenvalue weighted by Crippen LogP contribution is 2.22. The van der Waals surface area contributed by atoms with Crippen LogP contribution < -0.4 is 0 Å². The summed E-state index contributed by atoms with van der Waals surface area (Å²) in [5.74, 6) is 9.21. The molecule has 0 spiro atoms. The molecule has 0 radical (unpaired) electrons. The van der Waals surface area contributed by atoms with Gasteiger partial charge in [0.05, 0.1) is 0 Å². The molecule has 0 heterocycles. The Bertz CT molecular complexity index is 919. The van der Waals surface area contributed by atoms with Crippen molar-refractivity contribution < 1.29 is 0 Å². The average Bonchev–Trinajstić information content (AvgIpc) is 2.98. The highest BCUT2D eigenvalue weighted by molar-refractivity contribution is 8.23. The third-order valence-corrected chi connectivity index (χ3v) is 13.4. The Labute approximate surface area is 306 Å². The van der Waals surface area contributed by atoms with Gasteiger partial charge in [0.2, 0.25) is 0 Å². The van der Waals surface area contributed by atoms with Crippen LogP contribution in [-0.2, 0) is 0 Å². The summed E-state index contributed by atoms with van der Waals surface area (Å²) >= 11 is 21.9. The lowest BCUT2D eigenvalue weighted by Gasteiger charge is -2.21. The lowest BCUT2D eigenvalue weighted by atomic mass is 10.4. The van der Waals surface area contributed by atoms with Gasteiger partial charge in [0.15, 0.2) is 0 Å². The highest BCUT2D eigenvalue weighted by Gasteiger charge is 2.10. The third-order valence-electron chi connectivity index (χ3n) is 5.16. The molecule has 0 bridgehead atoms. The molecule has 0 aliphatic heterocycles. The second kappa shape index (κ2) is 28.7. The Kier molecular flexibility index (Phi) is 28.4. The van der Waals surface area contributed by atoms with Gasteiger partial charge >= 0.3 is 0 Å². The highest BCUT2D eigenvalue weighted by atomic mass is 32.2. The van der Waals surface area contributed by atoms with Gasteiger partial charge in [-0.15, -0.1) is 26.3 Å².